The van der Waals surface area contributed by atoms with Crippen LogP contribution in [-0.4, -0.2) is 20.7 Å². The minimum absolute atomic E-state index is 0.166. The van der Waals surface area contributed by atoms with Gasteiger partial charge in [0, 0.05) is 18.0 Å². The lowest BCUT2D eigenvalue weighted by atomic mass is 10.1. The molecule has 0 aliphatic carbocycles. The molecule has 5 nitrogen and oxygen atoms in total. The van der Waals surface area contributed by atoms with Gasteiger partial charge in [-0.2, -0.15) is 5.10 Å². The molecule has 4 aromatic rings. The molecule has 2 aromatic heterocycles. The summed E-state index contributed by atoms with van der Waals surface area (Å²) < 4.78 is 1.69. The zero-order chi connectivity index (χ0) is 19.3. The smallest absolute Gasteiger partial charge is 0.270 e. The van der Waals surface area contributed by atoms with E-state index < -0.39 is 0 Å². The molecule has 0 spiro atoms. The topological polar surface area (TPSA) is 59.8 Å². The van der Waals surface area contributed by atoms with E-state index in [0.717, 1.165) is 22.5 Å². The van der Waals surface area contributed by atoms with Crippen LogP contribution in [-0.2, 0) is 0 Å². The fraction of sp³-hybridized carbons (Fsp3) is 0.0870. The van der Waals surface area contributed by atoms with Crippen molar-refractivity contribution < 1.29 is 4.79 Å². The second kappa shape index (κ2) is 7.88. The minimum Gasteiger partial charge on any atom is -0.344 e. The number of carbonyl (C=O) groups is 1. The van der Waals surface area contributed by atoms with Crippen LogP contribution >= 0.6 is 0 Å². The summed E-state index contributed by atoms with van der Waals surface area (Å²) >= 11 is 0. The SMILES string of the molecule is C[C@@H](NC(=O)c1cc(-c2ccccc2)nn1-c1ccccc1)c1cccnc1. The number of benzene rings is 2. The summed E-state index contributed by atoms with van der Waals surface area (Å²) in [5.41, 5.74) is 3.99. The Morgan fingerprint density at radius 2 is 1.68 bits per heavy atom. The largest absolute Gasteiger partial charge is 0.344 e. The van der Waals surface area contributed by atoms with E-state index in [1.807, 2.05) is 85.8 Å². The summed E-state index contributed by atoms with van der Waals surface area (Å²) in [5, 5.41) is 7.74. The molecular formula is C23H20N4O. The van der Waals surface area contributed by atoms with Gasteiger partial charge in [0.25, 0.3) is 5.91 Å². The number of pyridine rings is 1. The van der Waals surface area contributed by atoms with Crippen LogP contribution in [0.5, 0.6) is 0 Å². The fourth-order valence-electron chi connectivity index (χ4n) is 3.04. The van der Waals surface area contributed by atoms with E-state index >= 15 is 0 Å². The number of rotatable bonds is 5. The van der Waals surface area contributed by atoms with Gasteiger partial charge in [-0.1, -0.05) is 54.6 Å². The molecule has 5 heteroatoms. The minimum atomic E-state index is -0.185. The van der Waals surface area contributed by atoms with E-state index in [-0.39, 0.29) is 11.9 Å². The average molecular weight is 368 g/mol. The van der Waals surface area contributed by atoms with Crippen LogP contribution in [0.25, 0.3) is 16.9 Å². The summed E-state index contributed by atoms with van der Waals surface area (Å²) in [6.07, 6.45) is 3.48. The Bertz CT molecular complexity index is 1060. The van der Waals surface area contributed by atoms with Gasteiger partial charge >= 0.3 is 0 Å². The Labute approximate surface area is 163 Å². The van der Waals surface area contributed by atoms with Gasteiger partial charge in [-0.15, -0.1) is 0 Å². The molecule has 2 heterocycles. The van der Waals surface area contributed by atoms with Gasteiger partial charge in [0.05, 0.1) is 17.4 Å². The molecule has 138 valence electrons. The highest BCUT2D eigenvalue weighted by Gasteiger charge is 2.19. The van der Waals surface area contributed by atoms with Gasteiger partial charge in [-0.3, -0.25) is 9.78 Å². The third kappa shape index (κ3) is 3.69. The van der Waals surface area contributed by atoms with Crippen LogP contribution < -0.4 is 5.32 Å². The van der Waals surface area contributed by atoms with Crippen LogP contribution in [0.15, 0.2) is 91.3 Å². The van der Waals surface area contributed by atoms with Gasteiger partial charge in [-0.05, 0) is 36.8 Å². The molecule has 4 rings (SSSR count). The molecular weight excluding hydrogens is 348 g/mol. The van der Waals surface area contributed by atoms with Crippen molar-refractivity contribution in [2.75, 3.05) is 0 Å². The highest BCUT2D eigenvalue weighted by Crippen LogP contribution is 2.22. The normalized spacial score (nSPS) is 11.8. The number of carbonyl (C=O) groups excluding carboxylic acids is 1. The Kier molecular flexibility index (Phi) is 4.97. The van der Waals surface area contributed by atoms with Crippen molar-refractivity contribution in [3.8, 4) is 16.9 Å². The molecule has 1 amide bonds. The molecule has 1 N–H and O–H groups in total. The molecule has 0 aliphatic heterocycles. The van der Waals surface area contributed by atoms with Crippen molar-refractivity contribution in [3.05, 3.63) is 103 Å². The van der Waals surface area contributed by atoms with Crippen molar-refractivity contribution in [2.45, 2.75) is 13.0 Å². The van der Waals surface area contributed by atoms with Gasteiger partial charge < -0.3 is 5.32 Å². The van der Waals surface area contributed by atoms with E-state index in [2.05, 4.69) is 10.3 Å². The predicted octanol–water partition coefficient (Wildman–Crippen LogP) is 4.43. The molecule has 0 saturated heterocycles. The van der Waals surface area contributed by atoms with Crippen LogP contribution in [0.4, 0.5) is 0 Å². The standard InChI is InChI=1S/C23H20N4O/c1-17(19-11-8-14-24-16-19)25-23(28)22-15-21(18-9-4-2-5-10-18)26-27(22)20-12-6-3-7-13-20/h2-17H,1H3,(H,25,28)/t17-/m1/s1. The average Bonchev–Trinajstić information content (AvgIpc) is 3.21. The van der Waals surface area contributed by atoms with Crippen LogP contribution in [0.2, 0.25) is 0 Å². The molecule has 28 heavy (non-hydrogen) atoms. The first-order valence-corrected chi connectivity index (χ1v) is 9.14. The van der Waals surface area contributed by atoms with Crippen LogP contribution in [0, 0.1) is 0 Å². The summed E-state index contributed by atoms with van der Waals surface area (Å²) in [6, 6.07) is 25.0. The molecule has 0 fully saturated rings. The van der Waals surface area contributed by atoms with Crippen molar-refractivity contribution in [1.29, 1.82) is 0 Å². The first-order valence-electron chi connectivity index (χ1n) is 9.14. The quantitative estimate of drug-likeness (QED) is 0.567. The first-order chi connectivity index (χ1) is 13.7. The number of hydrogen-bond acceptors (Lipinski definition) is 3. The lowest BCUT2D eigenvalue weighted by Gasteiger charge is -2.14. The van der Waals surface area contributed by atoms with E-state index in [4.69, 9.17) is 5.10 Å². The Morgan fingerprint density at radius 1 is 0.964 bits per heavy atom. The number of amides is 1. The second-order valence-electron chi connectivity index (χ2n) is 6.51. The third-order valence-electron chi connectivity index (χ3n) is 4.54. The van der Waals surface area contributed by atoms with Crippen LogP contribution in [0.1, 0.15) is 29.0 Å². The number of para-hydroxylation sites is 1. The van der Waals surface area contributed by atoms with E-state index in [0.29, 0.717) is 5.69 Å². The number of aromatic nitrogens is 3. The number of nitrogens with one attached hydrogen (secondary N) is 1. The van der Waals surface area contributed by atoms with Crippen LogP contribution in [0.3, 0.4) is 0 Å². The molecule has 0 saturated carbocycles. The maximum Gasteiger partial charge on any atom is 0.270 e. The number of nitrogens with zero attached hydrogens (tertiary/aromatic N) is 3. The Morgan fingerprint density at radius 3 is 2.36 bits per heavy atom. The fourth-order valence-corrected chi connectivity index (χ4v) is 3.04. The van der Waals surface area contributed by atoms with E-state index in [1.165, 1.54) is 0 Å². The van der Waals surface area contributed by atoms with Crippen molar-refractivity contribution >= 4 is 5.91 Å². The van der Waals surface area contributed by atoms with E-state index in [1.54, 1.807) is 17.1 Å². The van der Waals surface area contributed by atoms with Crippen molar-refractivity contribution in [3.63, 3.8) is 0 Å². The monoisotopic (exact) mass is 368 g/mol. The molecule has 0 aliphatic rings. The highest BCUT2D eigenvalue weighted by atomic mass is 16.2. The van der Waals surface area contributed by atoms with Gasteiger partial charge in [0.15, 0.2) is 0 Å². The Balaban J connectivity index is 1.70. The summed E-state index contributed by atoms with van der Waals surface area (Å²) in [6.45, 7) is 1.94. The van der Waals surface area contributed by atoms with Gasteiger partial charge in [-0.25, -0.2) is 4.68 Å². The predicted molar refractivity (Wildman–Crippen MR) is 109 cm³/mol. The number of hydrogen-bond donors (Lipinski definition) is 1. The lowest BCUT2D eigenvalue weighted by Crippen LogP contribution is -2.28. The zero-order valence-electron chi connectivity index (χ0n) is 15.5. The van der Waals surface area contributed by atoms with E-state index in [9.17, 15) is 4.79 Å². The molecule has 2 aromatic carbocycles. The Hall–Kier alpha value is -3.73. The molecule has 0 unspecified atom stereocenters. The summed E-state index contributed by atoms with van der Waals surface area (Å²) in [7, 11) is 0. The van der Waals surface area contributed by atoms with Gasteiger partial charge in [0.2, 0.25) is 0 Å². The maximum atomic E-state index is 13.1. The summed E-state index contributed by atoms with van der Waals surface area (Å²) in [5.74, 6) is -0.185. The summed E-state index contributed by atoms with van der Waals surface area (Å²) in [4.78, 5) is 17.2. The van der Waals surface area contributed by atoms with Gasteiger partial charge in [0.1, 0.15) is 5.69 Å². The zero-order valence-corrected chi connectivity index (χ0v) is 15.5. The maximum absolute atomic E-state index is 13.1. The lowest BCUT2D eigenvalue weighted by molar-refractivity contribution is 0.0932. The highest BCUT2D eigenvalue weighted by molar-refractivity contribution is 5.94. The molecule has 0 radical (unpaired) electrons. The van der Waals surface area contributed by atoms with Crippen molar-refractivity contribution in [2.24, 2.45) is 0 Å². The molecule has 1 atom stereocenters. The first kappa shape index (κ1) is 17.7. The second-order valence-corrected chi connectivity index (χ2v) is 6.51. The van der Waals surface area contributed by atoms with Crippen molar-refractivity contribution in [1.82, 2.24) is 20.1 Å². The molecule has 0 bridgehead atoms. The third-order valence-corrected chi connectivity index (χ3v) is 4.54.